The quantitative estimate of drug-likeness (QED) is 0.200. The van der Waals surface area contributed by atoms with Crippen molar-refractivity contribution in [2.75, 3.05) is 32.8 Å². The lowest BCUT2D eigenvalue weighted by Gasteiger charge is -2.56. The Morgan fingerprint density at radius 2 is 1.55 bits per heavy atom. The predicted molar refractivity (Wildman–Crippen MR) is 199 cm³/mol. The van der Waals surface area contributed by atoms with Gasteiger partial charge in [-0.25, -0.2) is 4.79 Å². The number of halogens is 3. The average Bonchev–Trinajstić information content (AvgIpc) is 3.58. The molecule has 55 heavy (non-hydrogen) atoms. The van der Waals surface area contributed by atoms with Gasteiger partial charge in [0.15, 0.2) is 5.54 Å². The molecule has 7 rings (SSSR count). The number of β-lactam (4-membered cyclic amide) rings is 1. The summed E-state index contributed by atoms with van der Waals surface area (Å²) in [7, 11) is 0. The number of nitrogens with one attached hydrogen (secondary N) is 1. The van der Waals surface area contributed by atoms with E-state index >= 15 is 0 Å². The van der Waals surface area contributed by atoms with Gasteiger partial charge < -0.3 is 24.8 Å². The number of rotatable bonds is 10. The molecule has 4 atom stereocenters. The fourth-order valence-electron chi connectivity index (χ4n) is 8.48. The van der Waals surface area contributed by atoms with Gasteiger partial charge in [-0.1, -0.05) is 91.4 Å². The molecule has 4 heterocycles. The van der Waals surface area contributed by atoms with Gasteiger partial charge in [0.1, 0.15) is 12.6 Å². The molecule has 3 unspecified atom stereocenters. The summed E-state index contributed by atoms with van der Waals surface area (Å²) in [5.74, 6) is -2.03. The minimum Gasteiger partial charge on any atom is -0.447 e. The first kappa shape index (κ1) is 38.1. The Kier molecular flexibility index (Phi) is 11.0. The van der Waals surface area contributed by atoms with Crippen molar-refractivity contribution in [3.63, 3.8) is 0 Å². The highest BCUT2D eigenvalue weighted by Crippen LogP contribution is 2.42. The SMILES string of the molecule is CC(C(=O)NCc1cccc(C(F)(F)F)c1)(C(=O)N1CCC(N2CCCCC2)CC1)N1C(=O)C(N2C(=O)OC[C@@H]2c2ccccc2)C1C=Cc1ccccc1. The number of piperidine rings is 2. The molecule has 0 aromatic heterocycles. The topological polar surface area (TPSA) is 103 Å². The zero-order chi connectivity index (χ0) is 38.7. The van der Waals surface area contributed by atoms with Crippen LogP contribution in [0, 0.1) is 0 Å². The summed E-state index contributed by atoms with van der Waals surface area (Å²) in [6, 6.07) is 20.8. The minimum absolute atomic E-state index is 0.0153. The Balaban J connectivity index is 1.23. The van der Waals surface area contributed by atoms with Gasteiger partial charge in [-0.3, -0.25) is 19.3 Å². The zero-order valence-electron chi connectivity index (χ0n) is 30.8. The number of hydrogen-bond acceptors (Lipinski definition) is 6. The fourth-order valence-corrected chi connectivity index (χ4v) is 8.48. The van der Waals surface area contributed by atoms with Gasteiger partial charge in [0.05, 0.1) is 17.6 Å². The molecule has 3 aromatic carbocycles. The molecular formula is C42H46F3N5O5. The zero-order valence-corrected chi connectivity index (χ0v) is 30.8. The Hall–Kier alpha value is -5.17. The van der Waals surface area contributed by atoms with Gasteiger partial charge in [-0.05, 0) is 74.5 Å². The first-order valence-electron chi connectivity index (χ1n) is 19.0. The van der Waals surface area contributed by atoms with Crippen molar-refractivity contribution in [2.45, 2.75) is 81.5 Å². The van der Waals surface area contributed by atoms with Crippen molar-refractivity contribution < 1.29 is 37.1 Å². The van der Waals surface area contributed by atoms with Crippen LogP contribution in [0.25, 0.3) is 6.08 Å². The van der Waals surface area contributed by atoms with Gasteiger partial charge in [0, 0.05) is 25.7 Å². The van der Waals surface area contributed by atoms with Gasteiger partial charge in [-0.15, -0.1) is 0 Å². The van der Waals surface area contributed by atoms with Crippen LogP contribution in [0.1, 0.15) is 67.3 Å². The summed E-state index contributed by atoms with van der Waals surface area (Å²) in [6.07, 6.45) is 3.12. The number of alkyl halides is 3. The lowest BCUT2D eigenvalue weighted by atomic mass is 9.81. The van der Waals surface area contributed by atoms with E-state index in [0.717, 1.165) is 49.2 Å². The predicted octanol–water partition coefficient (Wildman–Crippen LogP) is 6.04. The molecule has 0 saturated carbocycles. The van der Waals surface area contributed by atoms with Crippen LogP contribution in [0.5, 0.6) is 0 Å². The summed E-state index contributed by atoms with van der Waals surface area (Å²) in [5, 5.41) is 2.71. The third kappa shape index (κ3) is 7.71. The highest BCUT2D eigenvalue weighted by atomic mass is 19.4. The van der Waals surface area contributed by atoms with E-state index in [9.17, 15) is 32.3 Å². The fraction of sp³-hybridized carbons (Fsp3) is 0.429. The molecule has 1 N–H and O–H groups in total. The van der Waals surface area contributed by atoms with E-state index in [1.165, 1.54) is 35.3 Å². The van der Waals surface area contributed by atoms with E-state index in [-0.39, 0.29) is 18.7 Å². The van der Waals surface area contributed by atoms with Crippen molar-refractivity contribution in [1.82, 2.24) is 24.9 Å². The van der Waals surface area contributed by atoms with E-state index in [2.05, 4.69) is 10.2 Å². The van der Waals surface area contributed by atoms with E-state index in [0.29, 0.717) is 32.0 Å². The Bertz CT molecular complexity index is 1900. The molecule has 4 amide bonds. The Morgan fingerprint density at radius 1 is 0.873 bits per heavy atom. The van der Waals surface area contributed by atoms with Crippen LogP contribution < -0.4 is 5.32 Å². The maximum absolute atomic E-state index is 14.9. The molecule has 10 nitrogen and oxygen atoms in total. The largest absolute Gasteiger partial charge is 0.447 e. The van der Waals surface area contributed by atoms with Crippen molar-refractivity contribution in [2.24, 2.45) is 0 Å². The van der Waals surface area contributed by atoms with Crippen LogP contribution in [0.2, 0.25) is 0 Å². The van der Waals surface area contributed by atoms with Crippen molar-refractivity contribution in [3.05, 3.63) is 113 Å². The summed E-state index contributed by atoms with van der Waals surface area (Å²) in [5.41, 5.74) is -1.25. The summed E-state index contributed by atoms with van der Waals surface area (Å²) < 4.78 is 46.2. The van der Waals surface area contributed by atoms with E-state index in [4.69, 9.17) is 4.74 Å². The summed E-state index contributed by atoms with van der Waals surface area (Å²) >= 11 is 0. The number of cyclic esters (lactones) is 1. The number of hydrogen-bond donors (Lipinski definition) is 1. The second kappa shape index (κ2) is 15.9. The Morgan fingerprint density at radius 3 is 2.22 bits per heavy atom. The normalized spacial score (nSPS) is 23.7. The number of amides is 4. The minimum atomic E-state index is -4.59. The van der Waals surface area contributed by atoms with Crippen LogP contribution in [-0.2, 0) is 31.8 Å². The van der Waals surface area contributed by atoms with E-state index in [1.807, 2.05) is 60.7 Å². The molecule has 0 aliphatic carbocycles. The van der Waals surface area contributed by atoms with Crippen molar-refractivity contribution in [1.29, 1.82) is 0 Å². The Labute approximate surface area is 318 Å². The third-order valence-corrected chi connectivity index (χ3v) is 11.5. The van der Waals surface area contributed by atoms with Gasteiger partial charge in [0.25, 0.3) is 11.8 Å². The van der Waals surface area contributed by atoms with Crippen LogP contribution in [0.15, 0.2) is 91.0 Å². The smallest absolute Gasteiger partial charge is 0.416 e. The molecule has 4 aliphatic rings. The lowest BCUT2D eigenvalue weighted by molar-refractivity contribution is -0.179. The van der Waals surface area contributed by atoms with Crippen LogP contribution in [0.3, 0.4) is 0 Å². The number of nitrogens with zero attached hydrogens (tertiary/aromatic N) is 4. The molecule has 290 valence electrons. The van der Waals surface area contributed by atoms with E-state index < -0.39 is 59.2 Å². The second-order valence-corrected chi connectivity index (χ2v) is 14.9. The molecule has 3 aromatic rings. The molecular weight excluding hydrogens is 711 g/mol. The second-order valence-electron chi connectivity index (χ2n) is 14.9. The maximum Gasteiger partial charge on any atom is 0.416 e. The lowest BCUT2D eigenvalue weighted by Crippen LogP contribution is -2.80. The highest BCUT2D eigenvalue weighted by Gasteiger charge is 2.64. The molecule has 0 bridgehead atoms. The van der Waals surface area contributed by atoms with Gasteiger partial charge in [-0.2, -0.15) is 13.2 Å². The number of likely N-dealkylation sites (tertiary alicyclic amines) is 3. The van der Waals surface area contributed by atoms with Gasteiger partial charge in [0.2, 0.25) is 5.91 Å². The van der Waals surface area contributed by atoms with Crippen LogP contribution in [-0.4, -0.2) is 99.9 Å². The van der Waals surface area contributed by atoms with Crippen molar-refractivity contribution in [3.8, 4) is 0 Å². The first-order valence-corrected chi connectivity index (χ1v) is 19.0. The monoisotopic (exact) mass is 757 g/mol. The average molecular weight is 758 g/mol. The number of carbonyl (C=O) groups is 4. The van der Waals surface area contributed by atoms with Crippen molar-refractivity contribution >= 4 is 29.9 Å². The first-order chi connectivity index (χ1) is 26.5. The summed E-state index contributed by atoms with van der Waals surface area (Å²) in [6.45, 7) is 3.88. The molecule has 0 radical (unpaired) electrons. The highest BCUT2D eigenvalue weighted by molar-refractivity contribution is 6.14. The summed E-state index contributed by atoms with van der Waals surface area (Å²) in [4.78, 5) is 64.3. The molecule has 13 heteroatoms. The van der Waals surface area contributed by atoms with Crippen LogP contribution >= 0.6 is 0 Å². The number of ether oxygens (including phenoxy) is 1. The third-order valence-electron chi connectivity index (χ3n) is 11.5. The standard InChI is InChI=1S/C42H46F3N5O5/c1-41(38(52)46-27-30-14-11-17-32(26-30)42(43,44)45,39(53)48-24-20-33(21-25-48)47-22-9-4-10-23-47)50-34(19-18-29-12-5-2-6-13-29)36(37(50)51)49-35(28-55-40(49)54)31-15-7-3-8-16-31/h2-3,5-8,11-19,26,33-36H,4,9-10,20-25,27-28H2,1H3,(H,46,52)/t34?,35-,36?,41?/m1/s1. The van der Waals surface area contributed by atoms with Gasteiger partial charge >= 0.3 is 12.3 Å². The molecule has 4 fully saturated rings. The molecule has 4 aliphatic heterocycles. The number of carbonyl (C=O) groups excluding carboxylic acids is 4. The van der Waals surface area contributed by atoms with Crippen LogP contribution in [0.4, 0.5) is 18.0 Å². The van der Waals surface area contributed by atoms with E-state index in [1.54, 1.807) is 17.1 Å². The molecule has 0 spiro atoms. The number of benzene rings is 3. The molecule has 4 saturated heterocycles. The maximum atomic E-state index is 14.9.